The van der Waals surface area contributed by atoms with Gasteiger partial charge in [-0.25, -0.2) is 0 Å². The van der Waals surface area contributed by atoms with Crippen molar-refractivity contribution in [1.29, 1.82) is 0 Å². The first-order valence-corrected chi connectivity index (χ1v) is 8.43. The Balaban J connectivity index is 2.31. The fraction of sp³-hybridized carbons (Fsp3) is 0.824. The molecule has 120 valence electrons. The fourth-order valence-corrected chi connectivity index (χ4v) is 3.55. The molecule has 0 saturated heterocycles. The smallest absolute Gasteiger partial charge is 0.161 e. The van der Waals surface area contributed by atoms with Crippen LogP contribution in [-0.2, 0) is 0 Å². The highest BCUT2D eigenvalue weighted by Crippen LogP contribution is 2.40. The van der Waals surface area contributed by atoms with E-state index >= 15 is 0 Å². The molecule has 0 spiro atoms. The molecule has 1 saturated carbocycles. The van der Waals surface area contributed by atoms with Gasteiger partial charge < -0.3 is 10.1 Å². The first-order chi connectivity index (χ1) is 10.1. The molecule has 1 atom stereocenters. The van der Waals surface area contributed by atoms with E-state index in [-0.39, 0.29) is 0 Å². The van der Waals surface area contributed by atoms with Crippen LogP contribution < -0.4 is 10.1 Å². The standard InChI is InChI=1S/C17H31N3O/c1-6-18-16(14-9-7-13(4)8-10-14)17-15(21-5)11-19-20(17)12(2)3/h11-14,16,18H,6-10H2,1-5H3. The van der Waals surface area contributed by atoms with E-state index in [1.54, 1.807) is 7.11 Å². The van der Waals surface area contributed by atoms with Crippen molar-refractivity contribution in [3.8, 4) is 5.75 Å². The van der Waals surface area contributed by atoms with Gasteiger partial charge in [-0.3, -0.25) is 4.68 Å². The van der Waals surface area contributed by atoms with E-state index in [1.165, 1.54) is 31.4 Å². The van der Waals surface area contributed by atoms with Crippen molar-refractivity contribution in [3.63, 3.8) is 0 Å². The van der Waals surface area contributed by atoms with Gasteiger partial charge in [0, 0.05) is 6.04 Å². The van der Waals surface area contributed by atoms with Crippen LogP contribution in [0.4, 0.5) is 0 Å². The number of methoxy groups -OCH3 is 1. The zero-order valence-electron chi connectivity index (χ0n) is 14.2. The average molecular weight is 293 g/mol. The summed E-state index contributed by atoms with van der Waals surface area (Å²) in [6.45, 7) is 9.89. The summed E-state index contributed by atoms with van der Waals surface area (Å²) in [7, 11) is 1.75. The third kappa shape index (κ3) is 3.60. The summed E-state index contributed by atoms with van der Waals surface area (Å²) < 4.78 is 7.72. The summed E-state index contributed by atoms with van der Waals surface area (Å²) in [5.41, 5.74) is 1.23. The number of aromatic nitrogens is 2. The quantitative estimate of drug-likeness (QED) is 0.863. The van der Waals surface area contributed by atoms with Crippen LogP contribution in [0.5, 0.6) is 5.75 Å². The molecular formula is C17H31N3O. The minimum atomic E-state index is 0.349. The highest BCUT2D eigenvalue weighted by Gasteiger charge is 2.31. The van der Waals surface area contributed by atoms with E-state index < -0.39 is 0 Å². The van der Waals surface area contributed by atoms with Gasteiger partial charge in [-0.05, 0) is 45.1 Å². The second-order valence-corrected chi connectivity index (χ2v) is 6.69. The summed E-state index contributed by atoms with van der Waals surface area (Å²) in [5, 5.41) is 8.25. The summed E-state index contributed by atoms with van der Waals surface area (Å²) in [5.74, 6) is 2.48. The molecule has 0 amide bonds. The van der Waals surface area contributed by atoms with Crippen LogP contribution in [-0.4, -0.2) is 23.4 Å². The van der Waals surface area contributed by atoms with E-state index in [4.69, 9.17) is 4.74 Å². The number of hydrogen-bond donors (Lipinski definition) is 1. The third-order valence-corrected chi connectivity index (χ3v) is 4.76. The molecule has 1 aromatic rings. The van der Waals surface area contributed by atoms with Crippen LogP contribution in [0.15, 0.2) is 6.20 Å². The van der Waals surface area contributed by atoms with E-state index in [0.717, 1.165) is 18.2 Å². The number of nitrogens with zero attached hydrogens (tertiary/aromatic N) is 2. The molecule has 0 bridgehead atoms. The SMILES string of the molecule is CCNC(c1c(OC)cnn1C(C)C)C1CCC(C)CC1. The molecular weight excluding hydrogens is 262 g/mol. The van der Waals surface area contributed by atoms with Gasteiger partial charge in [0.25, 0.3) is 0 Å². The van der Waals surface area contributed by atoms with Crippen molar-refractivity contribution in [2.75, 3.05) is 13.7 Å². The second kappa shape index (κ2) is 7.30. The van der Waals surface area contributed by atoms with Crippen LogP contribution in [0.2, 0.25) is 0 Å². The minimum absolute atomic E-state index is 0.349. The Labute approximate surface area is 129 Å². The third-order valence-electron chi connectivity index (χ3n) is 4.76. The summed E-state index contributed by atoms with van der Waals surface area (Å²) in [6.07, 6.45) is 7.14. The van der Waals surface area contributed by atoms with Gasteiger partial charge in [0.05, 0.1) is 25.0 Å². The Morgan fingerprint density at radius 2 is 2.00 bits per heavy atom. The Hall–Kier alpha value is -1.03. The molecule has 0 aromatic carbocycles. The molecule has 0 radical (unpaired) electrons. The zero-order valence-corrected chi connectivity index (χ0v) is 14.2. The topological polar surface area (TPSA) is 39.1 Å². The van der Waals surface area contributed by atoms with Gasteiger partial charge in [-0.1, -0.05) is 26.7 Å². The second-order valence-electron chi connectivity index (χ2n) is 6.69. The average Bonchev–Trinajstić information content (AvgIpc) is 2.89. The van der Waals surface area contributed by atoms with Gasteiger partial charge in [-0.15, -0.1) is 0 Å². The lowest BCUT2D eigenvalue weighted by atomic mass is 9.78. The lowest BCUT2D eigenvalue weighted by Crippen LogP contribution is -2.33. The van der Waals surface area contributed by atoms with Crippen molar-refractivity contribution < 1.29 is 4.74 Å². The summed E-state index contributed by atoms with van der Waals surface area (Å²) >= 11 is 0. The maximum atomic E-state index is 5.59. The maximum Gasteiger partial charge on any atom is 0.161 e. The summed E-state index contributed by atoms with van der Waals surface area (Å²) in [6, 6.07) is 0.704. The monoisotopic (exact) mass is 293 g/mol. The van der Waals surface area contributed by atoms with Gasteiger partial charge in [-0.2, -0.15) is 5.10 Å². The predicted molar refractivity (Wildman–Crippen MR) is 86.7 cm³/mol. The van der Waals surface area contributed by atoms with Crippen molar-refractivity contribution in [1.82, 2.24) is 15.1 Å². The van der Waals surface area contributed by atoms with Crippen LogP contribution in [0, 0.1) is 11.8 Å². The number of ether oxygens (including phenoxy) is 1. The van der Waals surface area contributed by atoms with Crippen molar-refractivity contribution in [2.45, 2.75) is 65.5 Å². The molecule has 4 nitrogen and oxygen atoms in total. The number of rotatable bonds is 6. The maximum absolute atomic E-state index is 5.59. The van der Waals surface area contributed by atoms with Crippen LogP contribution in [0.3, 0.4) is 0 Å². The number of nitrogens with one attached hydrogen (secondary N) is 1. The van der Waals surface area contributed by atoms with Crippen molar-refractivity contribution in [2.24, 2.45) is 11.8 Å². The molecule has 21 heavy (non-hydrogen) atoms. The van der Waals surface area contributed by atoms with Crippen LogP contribution >= 0.6 is 0 Å². The zero-order chi connectivity index (χ0) is 15.4. The van der Waals surface area contributed by atoms with Crippen LogP contribution in [0.1, 0.15) is 71.2 Å². The largest absolute Gasteiger partial charge is 0.493 e. The molecule has 1 aromatic heterocycles. The molecule has 1 aliphatic carbocycles. The van der Waals surface area contributed by atoms with E-state index in [1.807, 2.05) is 6.20 Å². The van der Waals surface area contributed by atoms with Gasteiger partial charge in [0.2, 0.25) is 0 Å². The molecule has 1 unspecified atom stereocenters. The highest BCUT2D eigenvalue weighted by molar-refractivity contribution is 5.29. The Morgan fingerprint density at radius 3 is 2.52 bits per heavy atom. The van der Waals surface area contributed by atoms with Crippen molar-refractivity contribution >= 4 is 0 Å². The highest BCUT2D eigenvalue weighted by atomic mass is 16.5. The van der Waals surface area contributed by atoms with E-state index in [0.29, 0.717) is 18.0 Å². The summed E-state index contributed by atoms with van der Waals surface area (Å²) in [4.78, 5) is 0. The van der Waals surface area contributed by atoms with E-state index in [9.17, 15) is 0 Å². The van der Waals surface area contributed by atoms with E-state index in [2.05, 4.69) is 42.8 Å². The Morgan fingerprint density at radius 1 is 1.33 bits per heavy atom. The predicted octanol–water partition coefficient (Wildman–Crippen LogP) is 3.95. The normalized spacial score (nSPS) is 24.3. The molecule has 2 rings (SSSR count). The van der Waals surface area contributed by atoms with Crippen molar-refractivity contribution in [3.05, 3.63) is 11.9 Å². The first-order valence-electron chi connectivity index (χ1n) is 8.43. The molecule has 4 heteroatoms. The first kappa shape index (κ1) is 16.3. The lowest BCUT2D eigenvalue weighted by Gasteiger charge is -2.34. The Bertz CT molecular complexity index is 433. The molecule has 1 aliphatic rings. The molecule has 1 N–H and O–H groups in total. The lowest BCUT2D eigenvalue weighted by molar-refractivity contribution is 0.220. The van der Waals surface area contributed by atoms with Gasteiger partial charge in [0.15, 0.2) is 5.75 Å². The van der Waals surface area contributed by atoms with Gasteiger partial charge in [0.1, 0.15) is 0 Å². The molecule has 0 aliphatic heterocycles. The fourth-order valence-electron chi connectivity index (χ4n) is 3.55. The minimum Gasteiger partial charge on any atom is -0.493 e. The van der Waals surface area contributed by atoms with Crippen LogP contribution in [0.25, 0.3) is 0 Å². The molecule has 1 fully saturated rings. The molecule has 1 heterocycles. The Kier molecular flexibility index (Phi) is 5.68. The number of hydrogen-bond acceptors (Lipinski definition) is 3. The van der Waals surface area contributed by atoms with Gasteiger partial charge >= 0.3 is 0 Å².